The van der Waals surface area contributed by atoms with Crippen LogP contribution >= 0.6 is 23.7 Å². The van der Waals surface area contributed by atoms with Crippen molar-refractivity contribution in [3.63, 3.8) is 0 Å². The number of thiazole rings is 1. The van der Waals surface area contributed by atoms with Gasteiger partial charge in [-0.05, 0) is 13.8 Å². The van der Waals surface area contributed by atoms with Crippen LogP contribution in [0.1, 0.15) is 10.6 Å². The van der Waals surface area contributed by atoms with E-state index in [4.69, 9.17) is 4.74 Å². The molecule has 1 aromatic rings. The minimum Gasteiger partial charge on any atom is -0.378 e. The molecule has 1 aliphatic rings. The minimum atomic E-state index is -0.265. The Labute approximate surface area is 110 Å². The van der Waals surface area contributed by atoms with Crippen molar-refractivity contribution in [2.24, 2.45) is 0 Å². The zero-order valence-electron chi connectivity index (χ0n) is 9.78. The Hall–Kier alpha value is -0.690. The number of carbonyl (C=O) groups is 1. The number of hydrogen-bond acceptors (Lipinski definition) is 5. The molecule has 96 valence electrons. The maximum atomic E-state index is 11.8. The van der Waals surface area contributed by atoms with Crippen molar-refractivity contribution in [1.29, 1.82) is 0 Å². The largest absolute Gasteiger partial charge is 0.378 e. The van der Waals surface area contributed by atoms with Gasteiger partial charge >= 0.3 is 0 Å². The molecule has 5 nitrogen and oxygen atoms in total. The number of morpholine rings is 1. The van der Waals surface area contributed by atoms with E-state index >= 15 is 0 Å². The summed E-state index contributed by atoms with van der Waals surface area (Å²) in [5, 5.41) is 6.56. The number of anilines is 1. The highest BCUT2D eigenvalue weighted by Gasteiger charge is 2.22. The van der Waals surface area contributed by atoms with E-state index in [-0.39, 0.29) is 24.4 Å². The predicted molar refractivity (Wildman–Crippen MR) is 70.1 cm³/mol. The van der Waals surface area contributed by atoms with Crippen molar-refractivity contribution in [2.45, 2.75) is 19.9 Å². The number of hydrogen-bond donors (Lipinski definition) is 2. The number of aromatic nitrogens is 1. The molecule has 1 saturated heterocycles. The molecule has 0 saturated carbocycles. The molecule has 17 heavy (non-hydrogen) atoms. The molecule has 0 aliphatic carbocycles. The Morgan fingerprint density at radius 3 is 2.88 bits per heavy atom. The summed E-state index contributed by atoms with van der Waals surface area (Å²) < 4.78 is 5.23. The number of amides is 1. The second kappa shape index (κ2) is 6.30. The minimum absolute atomic E-state index is 0. The van der Waals surface area contributed by atoms with E-state index in [1.165, 1.54) is 11.3 Å². The third-order valence-corrected chi connectivity index (χ3v) is 3.49. The van der Waals surface area contributed by atoms with E-state index in [1.54, 1.807) is 0 Å². The Morgan fingerprint density at radius 1 is 1.59 bits per heavy atom. The van der Waals surface area contributed by atoms with Gasteiger partial charge in [-0.25, -0.2) is 4.98 Å². The molecule has 2 N–H and O–H groups in total. The van der Waals surface area contributed by atoms with Gasteiger partial charge in [-0.2, -0.15) is 0 Å². The normalized spacial score (nSPS) is 19.5. The van der Waals surface area contributed by atoms with Crippen molar-refractivity contribution >= 4 is 34.8 Å². The summed E-state index contributed by atoms with van der Waals surface area (Å²) in [6, 6.07) is -0.265. The summed E-state index contributed by atoms with van der Waals surface area (Å²) >= 11 is 1.50. The first-order chi connectivity index (χ1) is 7.66. The average Bonchev–Trinajstić information content (AvgIpc) is 2.59. The van der Waals surface area contributed by atoms with Crippen LogP contribution in [-0.2, 0) is 9.53 Å². The number of rotatable bonds is 2. The molecule has 1 atom stereocenters. The quantitative estimate of drug-likeness (QED) is 0.850. The molecule has 1 unspecified atom stereocenters. The lowest BCUT2D eigenvalue weighted by Crippen LogP contribution is -2.48. The molecular formula is C10H16ClN3O2S. The maximum absolute atomic E-state index is 11.8. The summed E-state index contributed by atoms with van der Waals surface area (Å²) in [5.74, 6) is -0.0755. The first kappa shape index (κ1) is 14.4. The summed E-state index contributed by atoms with van der Waals surface area (Å²) in [7, 11) is 0. The van der Waals surface area contributed by atoms with Crippen molar-refractivity contribution in [3.8, 4) is 0 Å². The van der Waals surface area contributed by atoms with Gasteiger partial charge in [-0.3, -0.25) is 4.79 Å². The van der Waals surface area contributed by atoms with Crippen molar-refractivity contribution < 1.29 is 9.53 Å². The fourth-order valence-corrected chi connectivity index (χ4v) is 2.27. The summed E-state index contributed by atoms with van der Waals surface area (Å²) in [6.45, 7) is 5.73. The van der Waals surface area contributed by atoms with E-state index < -0.39 is 0 Å². The summed E-state index contributed by atoms with van der Waals surface area (Å²) in [5.41, 5.74) is 0.966. The van der Waals surface area contributed by atoms with Crippen LogP contribution < -0.4 is 10.6 Å². The molecule has 2 rings (SSSR count). The highest BCUT2D eigenvalue weighted by molar-refractivity contribution is 7.15. The third-order valence-electron chi connectivity index (χ3n) is 2.50. The Bertz CT molecular complexity index is 371. The molecule has 0 radical (unpaired) electrons. The number of halogens is 1. The number of nitrogens with zero attached hydrogens (tertiary/aromatic N) is 1. The molecule has 1 amide bonds. The highest BCUT2D eigenvalue weighted by Crippen LogP contribution is 2.21. The van der Waals surface area contributed by atoms with Crippen LogP contribution in [0.2, 0.25) is 0 Å². The van der Waals surface area contributed by atoms with Crippen LogP contribution in [0.3, 0.4) is 0 Å². The fraction of sp³-hybridized carbons (Fsp3) is 0.600. The molecule has 1 aliphatic heterocycles. The van der Waals surface area contributed by atoms with Crippen molar-refractivity contribution in [2.75, 3.05) is 25.1 Å². The Balaban J connectivity index is 0.00000144. The molecular weight excluding hydrogens is 262 g/mol. The lowest BCUT2D eigenvalue weighted by atomic mass is 10.2. The van der Waals surface area contributed by atoms with E-state index in [9.17, 15) is 4.79 Å². The molecule has 0 bridgehead atoms. The van der Waals surface area contributed by atoms with Gasteiger partial charge in [-0.15, -0.1) is 23.7 Å². The summed E-state index contributed by atoms with van der Waals surface area (Å²) in [4.78, 5) is 17.2. The van der Waals surface area contributed by atoms with Gasteiger partial charge in [0.1, 0.15) is 6.04 Å². The smallest absolute Gasteiger partial charge is 0.245 e. The average molecular weight is 278 g/mol. The SMILES string of the molecule is Cc1nc(NC(=O)C2COCCN2)sc1C.Cl. The van der Waals surface area contributed by atoms with Crippen molar-refractivity contribution in [1.82, 2.24) is 10.3 Å². The van der Waals surface area contributed by atoms with Gasteiger partial charge in [-0.1, -0.05) is 0 Å². The third kappa shape index (κ3) is 3.64. The van der Waals surface area contributed by atoms with Gasteiger partial charge in [0.05, 0.1) is 18.9 Å². The topological polar surface area (TPSA) is 63.2 Å². The Morgan fingerprint density at radius 2 is 2.35 bits per heavy atom. The number of ether oxygens (including phenoxy) is 1. The molecule has 0 aromatic carbocycles. The van der Waals surface area contributed by atoms with Crippen molar-refractivity contribution in [3.05, 3.63) is 10.6 Å². The summed E-state index contributed by atoms with van der Waals surface area (Å²) in [6.07, 6.45) is 0. The number of aryl methyl sites for hydroxylation is 2. The lowest BCUT2D eigenvalue weighted by Gasteiger charge is -2.22. The van der Waals surface area contributed by atoms with Gasteiger partial charge in [0.15, 0.2) is 5.13 Å². The first-order valence-electron chi connectivity index (χ1n) is 5.23. The van der Waals surface area contributed by atoms with Gasteiger partial charge in [0.2, 0.25) is 5.91 Å². The van der Waals surface area contributed by atoms with E-state index in [0.717, 1.165) is 10.6 Å². The van der Waals surface area contributed by atoms with Gasteiger partial charge in [0.25, 0.3) is 0 Å². The zero-order chi connectivity index (χ0) is 11.5. The standard InChI is InChI=1S/C10H15N3O2S.ClH/c1-6-7(2)16-10(12-6)13-9(14)8-5-15-4-3-11-8;/h8,11H,3-5H2,1-2H3,(H,12,13,14);1H. The second-order valence-corrected chi connectivity index (χ2v) is 4.93. The molecule has 1 fully saturated rings. The van der Waals surface area contributed by atoms with E-state index in [1.807, 2.05) is 13.8 Å². The predicted octanol–water partition coefficient (Wildman–Crippen LogP) is 1.11. The van der Waals surface area contributed by atoms with Crippen LogP contribution in [0.5, 0.6) is 0 Å². The molecule has 1 aromatic heterocycles. The maximum Gasteiger partial charge on any atom is 0.245 e. The van der Waals surface area contributed by atoms with Crippen LogP contribution in [0.15, 0.2) is 0 Å². The fourth-order valence-electron chi connectivity index (χ4n) is 1.45. The van der Waals surface area contributed by atoms with Crippen LogP contribution in [0, 0.1) is 13.8 Å². The van der Waals surface area contributed by atoms with Gasteiger partial charge in [0, 0.05) is 11.4 Å². The second-order valence-electron chi connectivity index (χ2n) is 3.73. The number of nitrogens with one attached hydrogen (secondary N) is 2. The first-order valence-corrected chi connectivity index (χ1v) is 6.04. The zero-order valence-corrected chi connectivity index (χ0v) is 11.4. The van der Waals surface area contributed by atoms with Crippen LogP contribution in [0.4, 0.5) is 5.13 Å². The molecule has 7 heteroatoms. The monoisotopic (exact) mass is 277 g/mol. The van der Waals surface area contributed by atoms with Crippen LogP contribution in [-0.4, -0.2) is 36.7 Å². The molecule has 2 heterocycles. The lowest BCUT2D eigenvalue weighted by molar-refractivity contribution is -0.120. The van der Waals surface area contributed by atoms with Gasteiger partial charge < -0.3 is 15.4 Å². The molecule has 0 spiro atoms. The van der Waals surface area contributed by atoms with Crippen LogP contribution in [0.25, 0.3) is 0 Å². The van der Waals surface area contributed by atoms with E-state index in [0.29, 0.717) is 24.9 Å². The van der Waals surface area contributed by atoms with E-state index in [2.05, 4.69) is 15.6 Å². The highest BCUT2D eigenvalue weighted by atomic mass is 35.5. The Kier molecular flexibility index (Phi) is 5.32. The number of carbonyl (C=O) groups excluding carboxylic acids is 1.